The van der Waals surface area contributed by atoms with Gasteiger partial charge in [0.2, 0.25) is 0 Å². The summed E-state index contributed by atoms with van der Waals surface area (Å²) >= 11 is 0. The van der Waals surface area contributed by atoms with E-state index in [1.165, 1.54) is 38.5 Å². The summed E-state index contributed by atoms with van der Waals surface area (Å²) in [4.78, 5) is 12.3. The molecule has 0 radical (unpaired) electrons. The number of amides is 2. The predicted molar refractivity (Wildman–Crippen MR) is 89.6 cm³/mol. The highest BCUT2D eigenvalue weighted by molar-refractivity contribution is 5.75. The molecule has 1 unspecified atom stereocenters. The lowest BCUT2D eigenvalue weighted by Crippen LogP contribution is -2.62. The molecular formula is C17H35N3O. The number of hydrogen-bond acceptors (Lipinski definition) is 2. The van der Waals surface area contributed by atoms with E-state index in [-0.39, 0.29) is 17.6 Å². The molecule has 1 saturated heterocycles. The van der Waals surface area contributed by atoms with Gasteiger partial charge < -0.3 is 16.0 Å². The maximum atomic E-state index is 12.3. The zero-order valence-corrected chi connectivity index (χ0v) is 14.3. The number of carbonyl (C=O) groups is 1. The Balaban J connectivity index is 2.63. The quantitative estimate of drug-likeness (QED) is 0.609. The Morgan fingerprint density at radius 3 is 2.24 bits per heavy atom. The summed E-state index contributed by atoms with van der Waals surface area (Å²) in [7, 11) is 0. The van der Waals surface area contributed by atoms with E-state index in [1.54, 1.807) is 0 Å². The third-order valence-electron chi connectivity index (χ3n) is 4.49. The molecule has 2 amide bonds. The Bertz CT molecular complexity index is 286. The first-order chi connectivity index (χ1) is 10.2. The van der Waals surface area contributed by atoms with Crippen LogP contribution in [0.3, 0.4) is 0 Å². The second-order valence-corrected chi connectivity index (χ2v) is 6.56. The summed E-state index contributed by atoms with van der Waals surface area (Å²) < 4.78 is 0. The third kappa shape index (κ3) is 6.68. The van der Waals surface area contributed by atoms with Crippen molar-refractivity contribution in [1.82, 2.24) is 16.0 Å². The molecule has 0 bridgehead atoms. The predicted octanol–water partition coefficient (Wildman–Crippen LogP) is 3.57. The standard InChI is InChI=1S/C17H35N3O/c1-4-7-10-15-13-18-14-17(11-8-5-2,12-9-6-3)20-16(21)19-15/h15,18H,4-14H2,1-3H3,(H2,19,20,21). The molecule has 0 aromatic heterocycles. The molecule has 0 saturated carbocycles. The normalized spacial score (nSPS) is 22.0. The van der Waals surface area contributed by atoms with Gasteiger partial charge in [-0.2, -0.15) is 0 Å². The van der Waals surface area contributed by atoms with Crippen molar-refractivity contribution in [2.75, 3.05) is 13.1 Å². The minimum atomic E-state index is -0.0637. The molecule has 4 nitrogen and oxygen atoms in total. The van der Waals surface area contributed by atoms with Gasteiger partial charge in [0.25, 0.3) is 0 Å². The van der Waals surface area contributed by atoms with E-state index in [0.717, 1.165) is 32.4 Å². The maximum absolute atomic E-state index is 12.3. The Labute approximate surface area is 130 Å². The molecule has 1 rings (SSSR count). The Kier molecular flexibility index (Phi) is 8.74. The van der Waals surface area contributed by atoms with Crippen LogP contribution in [0.25, 0.3) is 0 Å². The largest absolute Gasteiger partial charge is 0.334 e. The van der Waals surface area contributed by atoms with Crippen LogP contribution in [-0.2, 0) is 0 Å². The summed E-state index contributed by atoms with van der Waals surface area (Å²) in [6.07, 6.45) is 10.3. The van der Waals surface area contributed by atoms with Gasteiger partial charge in [0.05, 0.1) is 5.54 Å². The lowest BCUT2D eigenvalue weighted by Gasteiger charge is -2.38. The highest BCUT2D eigenvalue weighted by Gasteiger charge is 2.32. The molecule has 1 heterocycles. The van der Waals surface area contributed by atoms with Crippen LogP contribution in [0.2, 0.25) is 0 Å². The van der Waals surface area contributed by atoms with E-state index in [1.807, 2.05) is 0 Å². The minimum absolute atomic E-state index is 0.0322. The number of hydrogen-bond donors (Lipinski definition) is 3. The number of carbonyl (C=O) groups excluding carboxylic acids is 1. The number of unbranched alkanes of at least 4 members (excludes halogenated alkanes) is 3. The van der Waals surface area contributed by atoms with Crippen molar-refractivity contribution in [2.24, 2.45) is 0 Å². The fraction of sp³-hybridized carbons (Fsp3) is 0.941. The first-order valence-electron chi connectivity index (χ1n) is 8.95. The lowest BCUT2D eigenvalue weighted by atomic mass is 9.86. The molecule has 1 aliphatic rings. The van der Waals surface area contributed by atoms with Crippen LogP contribution < -0.4 is 16.0 Å². The maximum Gasteiger partial charge on any atom is 0.315 e. The number of urea groups is 1. The number of nitrogens with one attached hydrogen (secondary N) is 3. The van der Waals surface area contributed by atoms with Crippen LogP contribution in [-0.4, -0.2) is 30.7 Å². The molecule has 0 spiro atoms. The molecule has 1 fully saturated rings. The first kappa shape index (κ1) is 18.3. The van der Waals surface area contributed by atoms with Gasteiger partial charge >= 0.3 is 6.03 Å². The van der Waals surface area contributed by atoms with Gasteiger partial charge in [-0.05, 0) is 19.3 Å². The zero-order valence-electron chi connectivity index (χ0n) is 14.3. The second kappa shape index (κ2) is 10.0. The van der Waals surface area contributed by atoms with Gasteiger partial charge in [-0.3, -0.25) is 0 Å². The highest BCUT2D eigenvalue weighted by Crippen LogP contribution is 2.22. The molecule has 1 aliphatic heterocycles. The van der Waals surface area contributed by atoms with Crippen molar-refractivity contribution >= 4 is 6.03 Å². The average Bonchev–Trinajstić information content (AvgIpc) is 2.46. The monoisotopic (exact) mass is 297 g/mol. The van der Waals surface area contributed by atoms with E-state index in [4.69, 9.17) is 0 Å². The second-order valence-electron chi connectivity index (χ2n) is 6.56. The fourth-order valence-corrected chi connectivity index (χ4v) is 3.13. The Morgan fingerprint density at radius 2 is 1.67 bits per heavy atom. The van der Waals surface area contributed by atoms with Crippen molar-refractivity contribution in [3.8, 4) is 0 Å². The van der Waals surface area contributed by atoms with E-state index < -0.39 is 0 Å². The summed E-state index contributed by atoms with van der Waals surface area (Å²) in [5.74, 6) is 0. The SMILES string of the molecule is CCCCC1CNCC(CCCC)(CCCC)NC(=O)N1. The third-order valence-corrected chi connectivity index (χ3v) is 4.49. The van der Waals surface area contributed by atoms with Gasteiger partial charge in [-0.15, -0.1) is 0 Å². The van der Waals surface area contributed by atoms with Crippen molar-refractivity contribution in [3.63, 3.8) is 0 Å². The van der Waals surface area contributed by atoms with Gasteiger partial charge in [0, 0.05) is 19.1 Å². The van der Waals surface area contributed by atoms with Crippen molar-refractivity contribution < 1.29 is 4.79 Å². The Morgan fingerprint density at radius 1 is 1.05 bits per heavy atom. The molecular weight excluding hydrogens is 262 g/mol. The van der Waals surface area contributed by atoms with Crippen LogP contribution in [0.4, 0.5) is 4.79 Å². The van der Waals surface area contributed by atoms with Gasteiger partial charge in [0.1, 0.15) is 0 Å². The summed E-state index contributed by atoms with van der Waals surface area (Å²) in [6, 6.07) is 0.296. The van der Waals surface area contributed by atoms with Crippen molar-refractivity contribution in [3.05, 3.63) is 0 Å². The fourth-order valence-electron chi connectivity index (χ4n) is 3.13. The van der Waals surface area contributed by atoms with Crippen LogP contribution in [0.1, 0.15) is 78.6 Å². The molecule has 21 heavy (non-hydrogen) atoms. The van der Waals surface area contributed by atoms with Gasteiger partial charge in [-0.25, -0.2) is 4.79 Å². The summed E-state index contributed by atoms with van der Waals surface area (Å²) in [5.41, 5.74) is -0.0637. The topological polar surface area (TPSA) is 53.2 Å². The molecule has 0 aromatic carbocycles. The molecule has 3 N–H and O–H groups in total. The van der Waals surface area contributed by atoms with Crippen LogP contribution in [0.15, 0.2) is 0 Å². The molecule has 0 aromatic rings. The first-order valence-corrected chi connectivity index (χ1v) is 8.95. The van der Waals surface area contributed by atoms with Crippen molar-refractivity contribution in [2.45, 2.75) is 90.1 Å². The molecule has 124 valence electrons. The zero-order chi connectivity index (χ0) is 15.6. The van der Waals surface area contributed by atoms with Gasteiger partial charge in [-0.1, -0.05) is 59.3 Å². The highest BCUT2D eigenvalue weighted by atomic mass is 16.2. The van der Waals surface area contributed by atoms with Crippen LogP contribution >= 0.6 is 0 Å². The molecule has 4 heteroatoms. The van der Waals surface area contributed by atoms with Crippen LogP contribution in [0, 0.1) is 0 Å². The minimum Gasteiger partial charge on any atom is -0.334 e. The summed E-state index contributed by atoms with van der Waals surface area (Å²) in [5, 5.41) is 10.0. The summed E-state index contributed by atoms with van der Waals surface area (Å²) in [6.45, 7) is 8.42. The van der Waals surface area contributed by atoms with E-state index in [9.17, 15) is 4.79 Å². The van der Waals surface area contributed by atoms with Crippen LogP contribution in [0.5, 0.6) is 0 Å². The molecule has 0 aliphatic carbocycles. The molecule has 1 atom stereocenters. The van der Waals surface area contributed by atoms with Crippen molar-refractivity contribution in [1.29, 1.82) is 0 Å². The van der Waals surface area contributed by atoms with Gasteiger partial charge in [0.15, 0.2) is 0 Å². The lowest BCUT2D eigenvalue weighted by molar-refractivity contribution is 0.196. The van der Waals surface area contributed by atoms with E-state index in [2.05, 4.69) is 36.7 Å². The number of rotatable bonds is 9. The smallest absolute Gasteiger partial charge is 0.315 e. The Hall–Kier alpha value is -0.770. The van der Waals surface area contributed by atoms with E-state index >= 15 is 0 Å². The average molecular weight is 297 g/mol. The van der Waals surface area contributed by atoms with E-state index in [0.29, 0.717) is 0 Å².